The minimum absolute atomic E-state index is 0.0916. The molecule has 0 fully saturated rings. The van der Waals surface area contributed by atoms with E-state index in [9.17, 15) is 9.18 Å². The lowest BCUT2D eigenvalue weighted by Crippen LogP contribution is -2.12. The fraction of sp³-hybridized carbons (Fsp3) is 0.136. The number of carbonyl (C=O) groups excluding carboxylic acids is 1. The molecule has 27 heavy (non-hydrogen) atoms. The van der Waals surface area contributed by atoms with Gasteiger partial charge in [-0.1, -0.05) is 30.3 Å². The minimum Gasteiger partial charge on any atom is -0.485 e. The minimum atomic E-state index is -0.516. The highest BCUT2D eigenvalue weighted by Gasteiger charge is 2.14. The van der Waals surface area contributed by atoms with Gasteiger partial charge in [0.05, 0.1) is 5.69 Å². The van der Waals surface area contributed by atoms with Gasteiger partial charge >= 0.3 is 0 Å². The van der Waals surface area contributed by atoms with Crippen molar-refractivity contribution >= 4 is 11.6 Å². The highest BCUT2D eigenvalue weighted by Crippen LogP contribution is 2.21. The summed E-state index contributed by atoms with van der Waals surface area (Å²) in [5, 5.41) is 2.52. The molecule has 0 radical (unpaired) electrons. The number of rotatable bonds is 7. The predicted molar refractivity (Wildman–Crippen MR) is 102 cm³/mol. The molecule has 0 spiro atoms. The topological polar surface area (TPSA) is 51.5 Å². The van der Waals surface area contributed by atoms with Crippen LogP contribution in [0.25, 0.3) is 0 Å². The van der Waals surface area contributed by atoms with Crippen LogP contribution in [0.1, 0.15) is 27.4 Å². The van der Waals surface area contributed by atoms with Gasteiger partial charge in [-0.3, -0.25) is 4.79 Å². The SMILES string of the molecule is C=CCc1ccccc1OCc1ccc(C(=O)Nc2cc(C)ccc2F)o1. The zero-order chi connectivity index (χ0) is 19.2. The second kappa shape index (κ2) is 8.36. The Hall–Kier alpha value is -3.34. The summed E-state index contributed by atoms with van der Waals surface area (Å²) >= 11 is 0. The molecule has 1 N–H and O–H groups in total. The molecule has 0 unspecified atom stereocenters. The Labute approximate surface area is 157 Å². The van der Waals surface area contributed by atoms with Gasteiger partial charge in [0.2, 0.25) is 0 Å². The first-order valence-corrected chi connectivity index (χ1v) is 8.54. The Morgan fingerprint density at radius 1 is 1.22 bits per heavy atom. The summed E-state index contributed by atoms with van der Waals surface area (Å²) in [7, 11) is 0. The third-order valence-corrected chi connectivity index (χ3v) is 3.96. The van der Waals surface area contributed by atoms with Crippen LogP contribution in [-0.4, -0.2) is 5.91 Å². The number of carbonyl (C=O) groups is 1. The maximum absolute atomic E-state index is 13.8. The molecule has 0 saturated heterocycles. The summed E-state index contributed by atoms with van der Waals surface area (Å²) in [4.78, 5) is 12.3. The standard InChI is InChI=1S/C22H20FNO3/c1-3-6-16-7-4-5-8-20(16)26-14-17-10-12-21(27-17)22(25)24-19-13-15(2)9-11-18(19)23/h3-5,7-13H,1,6,14H2,2H3,(H,24,25). The number of allylic oxidation sites excluding steroid dienone is 1. The third-order valence-electron chi connectivity index (χ3n) is 3.96. The van der Waals surface area contributed by atoms with E-state index in [0.717, 1.165) is 16.9 Å². The number of furan rings is 1. The molecule has 0 aliphatic heterocycles. The van der Waals surface area contributed by atoms with Crippen molar-refractivity contribution in [3.8, 4) is 5.75 Å². The molecule has 0 aliphatic rings. The predicted octanol–water partition coefficient (Wildman–Crippen LogP) is 5.29. The van der Waals surface area contributed by atoms with Gasteiger partial charge in [0.15, 0.2) is 5.76 Å². The van der Waals surface area contributed by atoms with E-state index in [1.54, 1.807) is 18.2 Å². The summed E-state index contributed by atoms with van der Waals surface area (Å²) in [6, 6.07) is 15.4. The fourth-order valence-electron chi connectivity index (χ4n) is 2.61. The van der Waals surface area contributed by atoms with Crippen LogP contribution in [0.2, 0.25) is 0 Å². The van der Waals surface area contributed by atoms with Crippen molar-refractivity contribution < 1.29 is 18.3 Å². The summed E-state index contributed by atoms with van der Waals surface area (Å²) in [6.45, 7) is 5.74. The van der Waals surface area contributed by atoms with E-state index in [4.69, 9.17) is 9.15 Å². The zero-order valence-electron chi connectivity index (χ0n) is 15.0. The molecular weight excluding hydrogens is 345 g/mol. The monoisotopic (exact) mass is 365 g/mol. The van der Waals surface area contributed by atoms with Crippen molar-refractivity contribution in [2.75, 3.05) is 5.32 Å². The molecule has 2 aromatic carbocycles. The number of para-hydroxylation sites is 1. The normalized spacial score (nSPS) is 10.4. The molecule has 4 nitrogen and oxygen atoms in total. The summed E-state index contributed by atoms with van der Waals surface area (Å²) in [5.74, 6) is 0.314. The first-order valence-electron chi connectivity index (χ1n) is 8.54. The smallest absolute Gasteiger partial charge is 0.291 e. The van der Waals surface area contributed by atoms with E-state index in [1.165, 1.54) is 12.1 Å². The highest BCUT2D eigenvalue weighted by atomic mass is 19.1. The highest BCUT2D eigenvalue weighted by molar-refractivity contribution is 6.02. The molecule has 1 aromatic heterocycles. The molecule has 5 heteroatoms. The molecule has 3 aromatic rings. The maximum Gasteiger partial charge on any atom is 0.291 e. The van der Waals surface area contributed by atoms with Crippen LogP contribution in [0.5, 0.6) is 5.75 Å². The van der Waals surface area contributed by atoms with E-state index in [0.29, 0.717) is 12.2 Å². The fourth-order valence-corrected chi connectivity index (χ4v) is 2.61. The van der Waals surface area contributed by atoms with Crippen LogP contribution >= 0.6 is 0 Å². The number of amides is 1. The number of nitrogens with one attached hydrogen (secondary N) is 1. The van der Waals surface area contributed by atoms with Crippen molar-refractivity contribution in [1.29, 1.82) is 0 Å². The van der Waals surface area contributed by atoms with Gasteiger partial charge in [-0.15, -0.1) is 6.58 Å². The van der Waals surface area contributed by atoms with Crippen LogP contribution in [0.3, 0.4) is 0 Å². The first-order chi connectivity index (χ1) is 13.1. The zero-order valence-corrected chi connectivity index (χ0v) is 15.0. The lowest BCUT2D eigenvalue weighted by molar-refractivity contribution is 0.0992. The number of benzene rings is 2. The number of anilines is 1. The first kappa shape index (κ1) is 18.5. The Morgan fingerprint density at radius 3 is 2.85 bits per heavy atom. The van der Waals surface area contributed by atoms with Gasteiger partial charge in [0, 0.05) is 0 Å². The summed E-state index contributed by atoms with van der Waals surface area (Å²) in [5.41, 5.74) is 1.98. The molecule has 3 rings (SSSR count). The van der Waals surface area contributed by atoms with Crippen LogP contribution in [0.15, 0.2) is 71.7 Å². The molecule has 0 bridgehead atoms. The average Bonchev–Trinajstić information content (AvgIpc) is 3.13. The number of ether oxygens (including phenoxy) is 1. The molecule has 0 aliphatic carbocycles. The van der Waals surface area contributed by atoms with Crippen molar-refractivity contribution in [2.45, 2.75) is 20.0 Å². The second-order valence-corrected chi connectivity index (χ2v) is 6.09. The lowest BCUT2D eigenvalue weighted by Gasteiger charge is -2.09. The van der Waals surface area contributed by atoms with Gasteiger partial charge in [-0.25, -0.2) is 4.39 Å². The van der Waals surface area contributed by atoms with Gasteiger partial charge < -0.3 is 14.5 Å². The Morgan fingerprint density at radius 2 is 2.04 bits per heavy atom. The quantitative estimate of drug-likeness (QED) is 0.579. The van der Waals surface area contributed by atoms with Gasteiger partial charge in [-0.2, -0.15) is 0 Å². The van der Waals surface area contributed by atoms with Gasteiger partial charge in [0.25, 0.3) is 5.91 Å². The van der Waals surface area contributed by atoms with Crippen molar-refractivity contribution in [1.82, 2.24) is 0 Å². The van der Waals surface area contributed by atoms with Crippen LogP contribution in [0, 0.1) is 12.7 Å². The van der Waals surface area contributed by atoms with Gasteiger partial charge in [0.1, 0.15) is 23.9 Å². The second-order valence-electron chi connectivity index (χ2n) is 6.09. The largest absolute Gasteiger partial charge is 0.485 e. The Balaban J connectivity index is 1.65. The Kier molecular flexibility index (Phi) is 5.71. The van der Waals surface area contributed by atoms with Crippen molar-refractivity contribution in [3.63, 3.8) is 0 Å². The number of aryl methyl sites for hydroxylation is 1. The van der Waals surface area contributed by atoms with Crippen molar-refractivity contribution in [3.05, 3.63) is 95.7 Å². The van der Waals surface area contributed by atoms with Crippen LogP contribution in [0.4, 0.5) is 10.1 Å². The average molecular weight is 365 g/mol. The summed E-state index contributed by atoms with van der Waals surface area (Å²) < 4.78 is 25.1. The number of halogens is 1. The van der Waals surface area contributed by atoms with Crippen LogP contribution < -0.4 is 10.1 Å². The van der Waals surface area contributed by atoms with E-state index in [2.05, 4.69) is 11.9 Å². The maximum atomic E-state index is 13.8. The van der Waals surface area contributed by atoms with E-state index < -0.39 is 11.7 Å². The molecular formula is C22H20FNO3. The molecule has 0 atom stereocenters. The number of hydrogen-bond acceptors (Lipinski definition) is 3. The van der Waals surface area contributed by atoms with Crippen LogP contribution in [-0.2, 0) is 13.0 Å². The molecule has 1 amide bonds. The van der Waals surface area contributed by atoms with E-state index in [-0.39, 0.29) is 18.1 Å². The van der Waals surface area contributed by atoms with E-state index in [1.807, 2.05) is 37.3 Å². The molecule has 1 heterocycles. The van der Waals surface area contributed by atoms with E-state index >= 15 is 0 Å². The number of hydrogen-bond donors (Lipinski definition) is 1. The molecule has 138 valence electrons. The molecule has 0 saturated carbocycles. The lowest BCUT2D eigenvalue weighted by atomic mass is 10.1. The van der Waals surface area contributed by atoms with Crippen molar-refractivity contribution in [2.24, 2.45) is 0 Å². The Bertz CT molecular complexity index is 962. The third kappa shape index (κ3) is 4.64. The summed E-state index contributed by atoms with van der Waals surface area (Å²) in [6.07, 6.45) is 2.51. The van der Waals surface area contributed by atoms with Gasteiger partial charge in [-0.05, 0) is 54.8 Å².